The van der Waals surface area contributed by atoms with E-state index >= 15 is 0 Å². The third-order valence-corrected chi connectivity index (χ3v) is 20.3. The maximum absolute atomic E-state index is 13.9. The SMILES string of the molecule is C.C.C.CCOC(=O)c1c(N2CCN(C(=O)c3ccco3)CC2)c2ccccc2n(Cc2ccc(F)cc2)c1=O.CCOC(=O)c1c(N2CCN(C(=O)c3ccco3)CC2)c2ccccc2n(Cc2ccccc2)c1=O.CCOC(=O)c1c(N2CCN(C(=O)c3cccs3)CC2)c2ccccc2n(Cc2ccc(F)cc2)c1=O. The molecule has 26 heteroatoms. The molecule has 3 aliphatic rings. The average molecular weight is 1560 g/mol. The quantitative estimate of drug-likeness (QED) is 0.0573. The predicted molar refractivity (Wildman–Crippen MR) is 435 cm³/mol. The fraction of sp³-hybridized carbons (Fsp3) is 0.276. The van der Waals surface area contributed by atoms with E-state index in [1.165, 1.54) is 57.3 Å². The molecule has 0 N–H and O–H groups in total. The lowest BCUT2D eigenvalue weighted by Crippen LogP contribution is -2.49. The Kier molecular flexibility index (Phi) is 27.7. The fourth-order valence-electron chi connectivity index (χ4n) is 14.2. The molecule has 3 fully saturated rings. The Balaban J connectivity index is 0.000000177. The van der Waals surface area contributed by atoms with Gasteiger partial charge in [-0.1, -0.05) is 138 Å². The number of furan rings is 2. The largest absolute Gasteiger partial charge is 0.462 e. The smallest absolute Gasteiger partial charge is 0.345 e. The van der Waals surface area contributed by atoms with Crippen molar-refractivity contribution in [2.45, 2.75) is 62.7 Å². The summed E-state index contributed by atoms with van der Waals surface area (Å²) >= 11 is 1.41. The van der Waals surface area contributed by atoms with Crippen LogP contribution in [0.1, 0.15) is 122 Å². The number of piperazine rings is 3. The maximum atomic E-state index is 13.9. The van der Waals surface area contributed by atoms with E-state index in [4.69, 9.17) is 23.0 Å². The van der Waals surface area contributed by atoms with Gasteiger partial charge >= 0.3 is 17.9 Å². The Morgan fingerprint density at radius 2 is 0.673 bits per heavy atom. The number of benzene rings is 6. The molecule has 3 saturated heterocycles. The molecule has 3 amide bonds. The van der Waals surface area contributed by atoms with Crippen LogP contribution in [0.15, 0.2) is 229 Å². The Labute approximate surface area is 656 Å². The Morgan fingerprint density at radius 1 is 0.363 bits per heavy atom. The zero-order valence-corrected chi connectivity index (χ0v) is 61.6. The second-order valence-corrected chi connectivity index (χ2v) is 27.0. The third kappa shape index (κ3) is 18.0. The number of esters is 3. The number of halogens is 2. The van der Waals surface area contributed by atoms with Gasteiger partial charge in [-0.05, 0) is 116 Å². The fourth-order valence-corrected chi connectivity index (χ4v) is 14.9. The molecule has 6 aromatic heterocycles. The van der Waals surface area contributed by atoms with Crippen LogP contribution in [0.2, 0.25) is 0 Å². The highest BCUT2D eigenvalue weighted by Crippen LogP contribution is 2.35. The predicted octanol–water partition coefficient (Wildman–Crippen LogP) is 14.0. The lowest BCUT2D eigenvalue weighted by molar-refractivity contribution is 0.0514. The first-order chi connectivity index (χ1) is 53.5. The van der Waals surface area contributed by atoms with Gasteiger partial charge in [-0.3, -0.25) is 28.8 Å². The second kappa shape index (κ2) is 37.8. The van der Waals surface area contributed by atoms with E-state index in [1.54, 1.807) is 88.6 Å². The van der Waals surface area contributed by atoms with Gasteiger partial charge in [0.05, 0.1) is 90.5 Å². The van der Waals surface area contributed by atoms with E-state index in [0.29, 0.717) is 124 Å². The Hall–Kier alpha value is -12.7. The average Bonchev–Trinajstić information content (AvgIpc) is 1.65. The van der Waals surface area contributed by atoms with Crippen molar-refractivity contribution in [3.63, 3.8) is 0 Å². The van der Waals surface area contributed by atoms with Crippen LogP contribution in [0.25, 0.3) is 32.7 Å². The summed E-state index contributed by atoms with van der Waals surface area (Å²) in [5.41, 5.74) is 4.66. The Morgan fingerprint density at radius 3 is 0.973 bits per heavy atom. The van der Waals surface area contributed by atoms with Crippen LogP contribution in [0.4, 0.5) is 25.8 Å². The molecule has 9 heterocycles. The molecular formula is C87H91F2N9O14S. The molecule has 3 aliphatic heterocycles. The molecule has 0 unspecified atom stereocenters. The minimum atomic E-state index is -0.699. The normalized spacial score (nSPS) is 13.3. The zero-order valence-electron chi connectivity index (χ0n) is 60.8. The van der Waals surface area contributed by atoms with E-state index in [9.17, 15) is 51.9 Å². The minimum Gasteiger partial charge on any atom is -0.462 e. The summed E-state index contributed by atoms with van der Waals surface area (Å²) in [5.74, 6) is -2.57. The van der Waals surface area contributed by atoms with Crippen molar-refractivity contribution in [2.75, 3.05) is 113 Å². The molecule has 0 spiro atoms. The van der Waals surface area contributed by atoms with Gasteiger partial charge in [-0.25, -0.2) is 23.2 Å². The van der Waals surface area contributed by atoms with E-state index in [0.717, 1.165) is 38.4 Å². The first-order valence-corrected chi connectivity index (χ1v) is 37.2. The van der Waals surface area contributed by atoms with Crippen molar-refractivity contribution in [2.24, 2.45) is 0 Å². The summed E-state index contributed by atoms with van der Waals surface area (Å²) in [6.45, 7) is 11.5. The van der Waals surface area contributed by atoms with Gasteiger partial charge in [0.25, 0.3) is 34.4 Å². The van der Waals surface area contributed by atoms with E-state index < -0.39 is 29.0 Å². The number of fused-ring (bicyclic) bond motifs is 3. The second-order valence-electron chi connectivity index (χ2n) is 26.1. The molecule has 0 radical (unpaired) electrons. The molecule has 15 rings (SSSR count). The lowest BCUT2D eigenvalue weighted by Gasteiger charge is -2.37. The number of hydrogen-bond donors (Lipinski definition) is 0. The standard InChI is InChI=1S/C28H26FN3O5.C28H26FN3O4S.C28H27N3O5.3CH4/c2*1-2-36-28(35)24-25(30-13-15-31(16-14-30)26(33)23-8-5-17-37-23)21-6-3-4-7-22(21)32(27(24)34)18-19-9-11-20(29)12-10-19;1-2-35-28(34)24-25(29-14-16-30(17-15-29)26(32)23-13-8-18-36-23)21-11-6-7-12-22(21)31(27(24)33)19-20-9-4-3-5-10-20;;;/h2*3-12,17H,2,13-16,18H2,1H3;3-13,18H,2,14-17,19H2,1H3;3*1H4. The third-order valence-electron chi connectivity index (χ3n) is 19.4. The maximum Gasteiger partial charge on any atom is 0.345 e. The topological polar surface area (TPSA) is 242 Å². The molecule has 12 aromatic rings. The molecule has 0 atom stereocenters. The van der Waals surface area contributed by atoms with Crippen molar-refractivity contribution in [3.8, 4) is 0 Å². The van der Waals surface area contributed by atoms with E-state index in [1.807, 2.05) is 135 Å². The first kappa shape index (κ1) is 82.8. The zero-order chi connectivity index (χ0) is 77.0. The number of amides is 3. The van der Waals surface area contributed by atoms with Gasteiger partial charge < -0.3 is 66.1 Å². The molecule has 6 aromatic carbocycles. The first-order valence-electron chi connectivity index (χ1n) is 36.3. The van der Waals surface area contributed by atoms with Gasteiger partial charge in [0.2, 0.25) is 0 Å². The highest BCUT2D eigenvalue weighted by molar-refractivity contribution is 7.12. The van der Waals surface area contributed by atoms with Crippen molar-refractivity contribution in [1.29, 1.82) is 0 Å². The minimum absolute atomic E-state index is 0. The number of ether oxygens (including phenoxy) is 3. The number of pyridine rings is 3. The molecule has 0 saturated carbocycles. The summed E-state index contributed by atoms with van der Waals surface area (Å²) in [4.78, 5) is 131. The molecule has 23 nitrogen and oxygen atoms in total. The number of nitrogens with zero attached hydrogens (tertiary/aromatic N) is 9. The van der Waals surface area contributed by atoms with Crippen LogP contribution in [0.3, 0.4) is 0 Å². The van der Waals surface area contributed by atoms with Crippen molar-refractivity contribution >= 4 is 96.7 Å². The number of rotatable bonds is 18. The molecule has 113 heavy (non-hydrogen) atoms. The lowest BCUT2D eigenvalue weighted by atomic mass is 10.0. The van der Waals surface area contributed by atoms with Gasteiger partial charge in [0.1, 0.15) is 28.3 Å². The van der Waals surface area contributed by atoms with Crippen LogP contribution in [-0.2, 0) is 33.8 Å². The summed E-state index contributed by atoms with van der Waals surface area (Å²) in [5, 5.41) is 4.13. The van der Waals surface area contributed by atoms with Crippen LogP contribution in [-0.4, -0.2) is 162 Å². The summed E-state index contributed by atoms with van der Waals surface area (Å²) in [6, 6.07) is 54.2. The van der Waals surface area contributed by atoms with E-state index in [-0.39, 0.29) is 113 Å². The summed E-state index contributed by atoms with van der Waals surface area (Å²) in [7, 11) is 0. The van der Waals surface area contributed by atoms with Crippen LogP contribution >= 0.6 is 11.3 Å². The van der Waals surface area contributed by atoms with Crippen molar-refractivity contribution in [3.05, 3.63) is 298 Å². The number of carbonyl (C=O) groups is 6. The molecule has 0 aliphatic carbocycles. The number of carbonyl (C=O) groups excluding carboxylic acids is 6. The van der Waals surface area contributed by atoms with Gasteiger partial charge in [0, 0.05) is 94.7 Å². The Bertz CT molecular complexity index is 5270. The number of aromatic nitrogens is 3. The van der Waals surface area contributed by atoms with Gasteiger partial charge in [0.15, 0.2) is 11.5 Å². The summed E-state index contributed by atoms with van der Waals surface area (Å²) < 4.78 is 58.1. The van der Waals surface area contributed by atoms with Gasteiger partial charge in [-0.2, -0.15) is 0 Å². The summed E-state index contributed by atoms with van der Waals surface area (Å²) in [6.07, 6.45) is 2.94. The monoisotopic (exact) mass is 1560 g/mol. The number of para-hydroxylation sites is 3. The molecule has 588 valence electrons. The van der Waals surface area contributed by atoms with Crippen molar-refractivity contribution in [1.82, 2.24) is 28.4 Å². The van der Waals surface area contributed by atoms with Crippen LogP contribution in [0.5, 0.6) is 0 Å². The number of thiophene rings is 1. The molecule has 0 bridgehead atoms. The number of anilines is 3. The van der Waals surface area contributed by atoms with Crippen molar-refractivity contribution < 1.29 is 60.6 Å². The highest BCUT2D eigenvalue weighted by Gasteiger charge is 2.35. The molecular weight excluding hydrogens is 1470 g/mol. The number of hydrogen-bond acceptors (Lipinski definition) is 18. The van der Waals surface area contributed by atoms with Crippen LogP contribution in [0, 0.1) is 11.6 Å². The van der Waals surface area contributed by atoms with Gasteiger partial charge in [-0.15, -0.1) is 11.3 Å². The van der Waals surface area contributed by atoms with E-state index in [2.05, 4.69) is 0 Å². The highest BCUT2D eigenvalue weighted by atomic mass is 32.1. The van der Waals surface area contributed by atoms with Crippen LogP contribution < -0.4 is 31.4 Å².